The summed E-state index contributed by atoms with van der Waals surface area (Å²) in [7, 11) is 0. The lowest BCUT2D eigenvalue weighted by Gasteiger charge is -2.19. The molecular weight excluding hydrogens is 274 g/mol. The third kappa shape index (κ3) is 3.06. The lowest BCUT2D eigenvalue weighted by Crippen LogP contribution is -2.35. The van der Waals surface area contributed by atoms with E-state index in [0.29, 0.717) is 6.04 Å². The van der Waals surface area contributed by atoms with Crippen LogP contribution in [0.25, 0.3) is 0 Å². The van der Waals surface area contributed by atoms with Crippen LogP contribution in [0.1, 0.15) is 57.1 Å². The van der Waals surface area contributed by atoms with Gasteiger partial charge in [-0.15, -0.1) is 10.2 Å². The Hall–Kier alpha value is -0.940. The van der Waals surface area contributed by atoms with Crippen LogP contribution in [0.3, 0.4) is 0 Å². The first-order valence-corrected chi connectivity index (χ1v) is 9.21. The summed E-state index contributed by atoms with van der Waals surface area (Å²) in [5.41, 5.74) is 0. The fourth-order valence-electron chi connectivity index (χ4n) is 4.24. The molecule has 5 nitrogen and oxygen atoms in total. The van der Waals surface area contributed by atoms with E-state index >= 15 is 0 Å². The van der Waals surface area contributed by atoms with Crippen molar-refractivity contribution < 1.29 is 0 Å². The van der Waals surface area contributed by atoms with Crippen LogP contribution >= 0.6 is 0 Å². The highest BCUT2D eigenvalue weighted by Gasteiger charge is 2.38. The maximum atomic E-state index is 4.43. The molecular formula is C17H29N5. The van der Waals surface area contributed by atoms with Gasteiger partial charge in [-0.2, -0.15) is 0 Å². The molecule has 0 radical (unpaired) electrons. The summed E-state index contributed by atoms with van der Waals surface area (Å²) in [6.07, 6.45) is 10.1. The van der Waals surface area contributed by atoms with E-state index in [1.54, 1.807) is 0 Å². The standard InChI is InChI=1S/C17H29N5/c1-13-11-14(12-22(13)15-6-7-15)18-9-8-17-20-19-16-5-3-2-4-10-21(16)17/h13-15,18H,2-12H2,1H3/t13-,14-/m0/s1. The smallest absolute Gasteiger partial charge is 0.134 e. The Balaban J connectivity index is 1.28. The van der Waals surface area contributed by atoms with E-state index in [2.05, 4.69) is 31.9 Å². The van der Waals surface area contributed by atoms with Gasteiger partial charge < -0.3 is 9.88 Å². The number of nitrogens with zero attached hydrogens (tertiary/aromatic N) is 4. The van der Waals surface area contributed by atoms with E-state index < -0.39 is 0 Å². The molecule has 1 saturated heterocycles. The maximum absolute atomic E-state index is 4.43. The minimum absolute atomic E-state index is 0.669. The fraction of sp³-hybridized carbons (Fsp3) is 0.882. The molecule has 0 aromatic carbocycles. The van der Waals surface area contributed by atoms with Gasteiger partial charge in [-0.3, -0.25) is 4.90 Å². The Labute approximate surface area is 133 Å². The van der Waals surface area contributed by atoms with Gasteiger partial charge in [0, 0.05) is 50.6 Å². The maximum Gasteiger partial charge on any atom is 0.134 e. The predicted octanol–water partition coefficient (Wildman–Crippen LogP) is 1.76. The molecule has 2 fully saturated rings. The van der Waals surface area contributed by atoms with Gasteiger partial charge in [0.1, 0.15) is 11.6 Å². The lowest BCUT2D eigenvalue weighted by atomic mass is 10.2. The topological polar surface area (TPSA) is 46.0 Å². The minimum Gasteiger partial charge on any atom is -0.315 e. The van der Waals surface area contributed by atoms with Gasteiger partial charge in [-0.1, -0.05) is 6.42 Å². The molecule has 0 spiro atoms. The van der Waals surface area contributed by atoms with Crippen molar-refractivity contribution in [2.24, 2.45) is 0 Å². The predicted molar refractivity (Wildman–Crippen MR) is 86.9 cm³/mol. The number of rotatable bonds is 5. The third-order valence-electron chi connectivity index (χ3n) is 5.61. The Kier molecular flexibility index (Phi) is 4.18. The molecule has 1 aliphatic carbocycles. The quantitative estimate of drug-likeness (QED) is 0.900. The average molecular weight is 303 g/mol. The number of nitrogens with one attached hydrogen (secondary N) is 1. The summed E-state index contributed by atoms with van der Waals surface area (Å²) in [5, 5.41) is 12.6. The summed E-state index contributed by atoms with van der Waals surface area (Å²) in [5.74, 6) is 2.40. The van der Waals surface area contributed by atoms with Gasteiger partial charge in [0.15, 0.2) is 0 Å². The molecule has 4 rings (SSSR count). The monoisotopic (exact) mass is 303 g/mol. The minimum atomic E-state index is 0.669. The molecule has 1 aromatic rings. The van der Waals surface area contributed by atoms with E-state index in [1.807, 2.05) is 0 Å². The Bertz CT molecular complexity index is 507. The van der Waals surface area contributed by atoms with Crippen LogP contribution in [0.2, 0.25) is 0 Å². The summed E-state index contributed by atoms with van der Waals surface area (Å²) in [6.45, 7) is 5.78. The van der Waals surface area contributed by atoms with Crippen molar-refractivity contribution in [1.29, 1.82) is 0 Å². The molecule has 5 heteroatoms. The molecule has 2 atom stereocenters. The van der Waals surface area contributed by atoms with Crippen LogP contribution in [0.4, 0.5) is 0 Å². The molecule has 3 heterocycles. The van der Waals surface area contributed by atoms with Gasteiger partial charge in [-0.25, -0.2) is 0 Å². The zero-order chi connectivity index (χ0) is 14.9. The fourth-order valence-corrected chi connectivity index (χ4v) is 4.24. The number of hydrogen-bond acceptors (Lipinski definition) is 4. The molecule has 0 bridgehead atoms. The van der Waals surface area contributed by atoms with Gasteiger partial charge in [0.25, 0.3) is 0 Å². The van der Waals surface area contributed by atoms with Crippen molar-refractivity contribution in [3.05, 3.63) is 11.6 Å². The Morgan fingerprint density at radius 2 is 2.09 bits per heavy atom. The summed E-state index contributed by atoms with van der Waals surface area (Å²) < 4.78 is 2.38. The number of aromatic nitrogens is 3. The van der Waals surface area contributed by atoms with E-state index in [0.717, 1.165) is 38.0 Å². The van der Waals surface area contributed by atoms with Gasteiger partial charge in [-0.05, 0) is 39.0 Å². The first kappa shape index (κ1) is 14.6. The lowest BCUT2D eigenvalue weighted by molar-refractivity contribution is 0.255. The van der Waals surface area contributed by atoms with Crippen LogP contribution < -0.4 is 5.32 Å². The number of fused-ring (bicyclic) bond motifs is 1. The number of likely N-dealkylation sites (tertiary alicyclic amines) is 1. The van der Waals surface area contributed by atoms with Crippen molar-refractivity contribution in [3.8, 4) is 0 Å². The van der Waals surface area contributed by atoms with Gasteiger partial charge in [0.05, 0.1) is 0 Å². The van der Waals surface area contributed by atoms with E-state index in [-0.39, 0.29) is 0 Å². The van der Waals surface area contributed by atoms with Gasteiger partial charge in [0.2, 0.25) is 0 Å². The second-order valence-electron chi connectivity index (χ2n) is 7.41. The molecule has 0 unspecified atom stereocenters. The summed E-state index contributed by atoms with van der Waals surface area (Å²) in [6, 6.07) is 2.32. The molecule has 2 aliphatic heterocycles. The van der Waals surface area contributed by atoms with Crippen molar-refractivity contribution in [1.82, 2.24) is 25.0 Å². The molecule has 3 aliphatic rings. The summed E-state index contributed by atoms with van der Waals surface area (Å²) in [4.78, 5) is 2.71. The molecule has 1 N–H and O–H groups in total. The highest BCUT2D eigenvalue weighted by Crippen LogP contribution is 2.33. The van der Waals surface area contributed by atoms with Crippen LogP contribution in [-0.2, 0) is 19.4 Å². The second kappa shape index (κ2) is 6.28. The first-order valence-electron chi connectivity index (χ1n) is 9.21. The largest absolute Gasteiger partial charge is 0.315 e. The van der Waals surface area contributed by atoms with E-state index in [9.17, 15) is 0 Å². The Morgan fingerprint density at radius 1 is 1.18 bits per heavy atom. The molecule has 22 heavy (non-hydrogen) atoms. The van der Waals surface area contributed by atoms with Crippen LogP contribution in [0.15, 0.2) is 0 Å². The van der Waals surface area contributed by atoms with Gasteiger partial charge >= 0.3 is 0 Å². The van der Waals surface area contributed by atoms with Crippen LogP contribution in [0.5, 0.6) is 0 Å². The van der Waals surface area contributed by atoms with Crippen LogP contribution in [0, 0.1) is 0 Å². The normalized spacial score (nSPS) is 29.5. The molecule has 122 valence electrons. The van der Waals surface area contributed by atoms with Crippen molar-refractivity contribution in [2.45, 2.75) is 83.0 Å². The highest BCUT2D eigenvalue weighted by atomic mass is 15.3. The van der Waals surface area contributed by atoms with Crippen molar-refractivity contribution in [3.63, 3.8) is 0 Å². The van der Waals surface area contributed by atoms with Crippen LogP contribution in [-0.4, -0.2) is 50.9 Å². The number of aryl methyl sites for hydroxylation is 1. The average Bonchev–Trinajstić information content (AvgIpc) is 3.25. The summed E-state index contributed by atoms with van der Waals surface area (Å²) >= 11 is 0. The van der Waals surface area contributed by atoms with E-state index in [4.69, 9.17) is 0 Å². The third-order valence-corrected chi connectivity index (χ3v) is 5.61. The van der Waals surface area contributed by atoms with Crippen molar-refractivity contribution >= 4 is 0 Å². The molecule has 0 amide bonds. The molecule has 1 saturated carbocycles. The van der Waals surface area contributed by atoms with E-state index in [1.165, 1.54) is 56.7 Å². The van der Waals surface area contributed by atoms with Crippen molar-refractivity contribution in [2.75, 3.05) is 13.1 Å². The highest BCUT2D eigenvalue weighted by molar-refractivity contribution is 4.99. The Morgan fingerprint density at radius 3 is 2.95 bits per heavy atom. The zero-order valence-corrected chi connectivity index (χ0v) is 13.8. The number of hydrogen-bond donors (Lipinski definition) is 1. The molecule has 1 aromatic heterocycles. The SMILES string of the molecule is C[C@H]1C[C@H](NCCc2nnc3n2CCCCC3)CN1C1CC1. The first-order chi connectivity index (χ1) is 10.8. The zero-order valence-electron chi connectivity index (χ0n) is 13.8. The second-order valence-corrected chi connectivity index (χ2v) is 7.41.